The number of benzene rings is 1. The summed E-state index contributed by atoms with van der Waals surface area (Å²) in [6.07, 6.45) is -4.77. The zero-order valence-electron chi connectivity index (χ0n) is 6.45. The number of alkyl halides is 3. The fourth-order valence-corrected chi connectivity index (χ4v) is 0.739. The third-order valence-electron chi connectivity index (χ3n) is 1.21. The van der Waals surface area contributed by atoms with Crippen LogP contribution in [-0.4, -0.2) is 6.36 Å². The highest BCUT2D eigenvalue weighted by molar-refractivity contribution is 5.41. The van der Waals surface area contributed by atoms with Gasteiger partial charge in [-0.1, -0.05) is 18.2 Å². The average Bonchev–Trinajstić information content (AvgIpc) is 2.03. The fourth-order valence-electron chi connectivity index (χ4n) is 0.739. The van der Waals surface area contributed by atoms with E-state index < -0.39 is 6.36 Å². The Morgan fingerprint density at radius 1 is 1.15 bits per heavy atom. The van der Waals surface area contributed by atoms with Crippen LogP contribution in [0.5, 0.6) is 0 Å². The number of para-hydroxylation sites is 1. The van der Waals surface area contributed by atoms with Crippen LogP contribution in [-0.2, 0) is 4.84 Å². The topological polar surface area (TPSA) is 38.5 Å². The van der Waals surface area contributed by atoms with Crippen LogP contribution in [0.15, 0.2) is 30.3 Å². The molecular weight excluding hydrogens is 185 g/mol. The second kappa shape index (κ2) is 3.63. The van der Waals surface area contributed by atoms with Gasteiger partial charge in [0.1, 0.15) is 0 Å². The minimum Gasteiger partial charge on any atom is -0.222 e. The van der Waals surface area contributed by atoms with Crippen LogP contribution in [0.3, 0.4) is 0 Å². The van der Waals surface area contributed by atoms with Gasteiger partial charge in [-0.05, 0) is 12.1 Å². The van der Waals surface area contributed by atoms with E-state index in [0.29, 0.717) is 0 Å². The van der Waals surface area contributed by atoms with Crippen molar-refractivity contribution in [3.8, 4) is 0 Å². The Morgan fingerprint density at radius 3 is 2.15 bits per heavy atom. The first-order valence-electron chi connectivity index (χ1n) is 3.35. The predicted molar refractivity (Wildman–Crippen MR) is 40.2 cm³/mol. The van der Waals surface area contributed by atoms with Crippen LogP contribution in [0.1, 0.15) is 0 Å². The van der Waals surface area contributed by atoms with Crippen LogP contribution in [0.2, 0.25) is 0 Å². The number of nitrogens with two attached hydrogens (primary N) is 1. The van der Waals surface area contributed by atoms with E-state index in [9.17, 15) is 13.2 Å². The lowest BCUT2D eigenvalue weighted by molar-refractivity contribution is -0.330. The normalized spacial score (nSPS) is 11.4. The minimum absolute atomic E-state index is 0.125. The highest BCUT2D eigenvalue weighted by Crippen LogP contribution is 2.20. The molecule has 0 heterocycles. The van der Waals surface area contributed by atoms with Crippen molar-refractivity contribution in [3.63, 3.8) is 0 Å². The predicted octanol–water partition coefficient (Wildman–Crippen LogP) is 1.82. The van der Waals surface area contributed by atoms with E-state index in [-0.39, 0.29) is 10.9 Å². The first kappa shape index (κ1) is 9.82. The van der Waals surface area contributed by atoms with Gasteiger partial charge in [0.15, 0.2) is 0 Å². The third kappa shape index (κ3) is 3.30. The first-order valence-corrected chi connectivity index (χ1v) is 3.35. The van der Waals surface area contributed by atoms with Crippen molar-refractivity contribution in [2.75, 3.05) is 5.17 Å². The molecule has 0 unspecified atom stereocenters. The summed E-state index contributed by atoms with van der Waals surface area (Å²) in [6.45, 7) is 0. The minimum atomic E-state index is -4.77. The Morgan fingerprint density at radius 2 is 1.69 bits per heavy atom. The highest BCUT2D eigenvalue weighted by Gasteiger charge is 2.32. The van der Waals surface area contributed by atoms with Gasteiger partial charge in [-0.2, -0.15) is 10.0 Å². The summed E-state index contributed by atoms with van der Waals surface area (Å²) in [7, 11) is 0. The smallest absolute Gasteiger partial charge is 0.222 e. The van der Waals surface area contributed by atoms with Crippen molar-refractivity contribution < 1.29 is 18.0 Å². The highest BCUT2D eigenvalue weighted by atomic mass is 19.4. The van der Waals surface area contributed by atoms with Gasteiger partial charge in [0.05, 0.1) is 5.69 Å². The molecule has 1 rings (SSSR count). The zero-order chi connectivity index (χ0) is 9.90. The Bertz CT molecular complexity index is 262. The number of hydrogen-bond donors (Lipinski definition) is 1. The molecule has 0 aliphatic heterocycles. The molecule has 0 atom stereocenters. The molecule has 0 aliphatic carbocycles. The number of anilines is 1. The van der Waals surface area contributed by atoms with Crippen LogP contribution >= 0.6 is 0 Å². The molecule has 3 nitrogen and oxygen atoms in total. The Hall–Kier alpha value is -1.27. The summed E-state index contributed by atoms with van der Waals surface area (Å²) < 4.78 is 34.9. The molecule has 0 bridgehead atoms. The van der Waals surface area contributed by atoms with Crippen LogP contribution in [0.4, 0.5) is 18.9 Å². The molecule has 0 amide bonds. The average molecular weight is 192 g/mol. The first-order chi connectivity index (χ1) is 5.99. The maximum absolute atomic E-state index is 11.6. The summed E-state index contributed by atoms with van der Waals surface area (Å²) in [4.78, 5) is 3.43. The molecule has 13 heavy (non-hydrogen) atoms. The van der Waals surface area contributed by atoms with E-state index in [4.69, 9.17) is 5.84 Å². The molecule has 6 heteroatoms. The second-order valence-electron chi connectivity index (χ2n) is 2.20. The van der Waals surface area contributed by atoms with Gasteiger partial charge in [0, 0.05) is 0 Å². The van der Waals surface area contributed by atoms with E-state index >= 15 is 0 Å². The van der Waals surface area contributed by atoms with Crippen molar-refractivity contribution in [1.29, 1.82) is 0 Å². The van der Waals surface area contributed by atoms with E-state index in [2.05, 4.69) is 4.84 Å². The standard InChI is InChI=1S/C7H7F3N2O/c8-7(9,10)13-12(11)6-4-2-1-3-5-6/h1-5H,11H2. The summed E-state index contributed by atoms with van der Waals surface area (Å²) in [5, 5.41) is 0.167. The molecule has 1 aromatic rings. The molecule has 0 aromatic heterocycles. The van der Waals surface area contributed by atoms with Crippen molar-refractivity contribution in [1.82, 2.24) is 0 Å². The van der Waals surface area contributed by atoms with Crippen molar-refractivity contribution in [3.05, 3.63) is 30.3 Å². The van der Waals surface area contributed by atoms with E-state index in [0.717, 1.165) is 0 Å². The Labute approximate surface area is 72.4 Å². The number of rotatable bonds is 2. The Balaban J connectivity index is 2.64. The monoisotopic (exact) mass is 192 g/mol. The molecule has 72 valence electrons. The summed E-state index contributed by atoms with van der Waals surface area (Å²) in [5.41, 5.74) is 0.125. The molecule has 0 fully saturated rings. The number of nitrogens with zero attached hydrogens (tertiary/aromatic N) is 1. The lowest BCUT2D eigenvalue weighted by Gasteiger charge is -2.18. The summed E-state index contributed by atoms with van der Waals surface area (Å²) in [5.74, 6) is 4.97. The van der Waals surface area contributed by atoms with Crippen LogP contribution in [0.25, 0.3) is 0 Å². The fraction of sp³-hybridized carbons (Fsp3) is 0.143. The number of hydrazine groups is 1. The zero-order valence-corrected chi connectivity index (χ0v) is 6.45. The number of hydrogen-bond acceptors (Lipinski definition) is 3. The molecule has 0 aliphatic rings. The second-order valence-corrected chi connectivity index (χ2v) is 2.20. The third-order valence-corrected chi connectivity index (χ3v) is 1.21. The van der Waals surface area contributed by atoms with Gasteiger partial charge < -0.3 is 0 Å². The SMILES string of the molecule is NN(OC(F)(F)F)c1ccccc1. The number of halogens is 3. The quantitative estimate of drug-likeness (QED) is 0.573. The van der Waals surface area contributed by atoms with Crippen molar-refractivity contribution in [2.45, 2.75) is 6.36 Å². The van der Waals surface area contributed by atoms with Gasteiger partial charge in [-0.15, -0.1) is 13.2 Å². The van der Waals surface area contributed by atoms with Gasteiger partial charge in [0.2, 0.25) is 0 Å². The van der Waals surface area contributed by atoms with Crippen LogP contribution < -0.4 is 11.0 Å². The summed E-state index contributed by atoms with van der Waals surface area (Å²) in [6, 6.07) is 7.55. The molecule has 1 aromatic carbocycles. The maximum Gasteiger partial charge on any atom is 0.545 e. The lowest BCUT2D eigenvalue weighted by Crippen LogP contribution is -2.36. The molecule has 0 saturated carbocycles. The maximum atomic E-state index is 11.6. The molecule has 0 spiro atoms. The van der Waals surface area contributed by atoms with E-state index in [1.54, 1.807) is 18.2 Å². The largest absolute Gasteiger partial charge is 0.545 e. The van der Waals surface area contributed by atoms with Crippen molar-refractivity contribution >= 4 is 5.69 Å². The van der Waals surface area contributed by atoms with E-state index in [1.807, 2.05) is 0 Å². The Kier molecular flexibility index (Phi) is 2.74. The molecule has 0 radical (unpaired) electrons. The van der Waals surface area contributed by atoms with Crippen LogP contribution in [0, 0.1) is 0 Å². The molecule has 0 saturated heterocycles. The van der Waals surface area contributed by atoms with E-state index in [1.165, 1.54) is 12.1 Å². The van der Waals surface area contributed by atoms with Gasteiger partial charge in [-0.3, -0.25) is 0 Å². The van der Waals surface area contributed by atoms with Crippen molar-refractivity contribution in [2.24, 2.45) is 5.84 Å². The molecule has 2 N–H and O–H groups in total. The van der Waals surface area contributed by atoms with Gasteiger partial charge in [0.25, 0.3) is 0 Å². The van der Waals surface area contributed by atoms with Gasteiger partial charge in [-0.25, -0.2) is 5.84 Å². The summed E-state index contributed by atoms with van der Waals surface area (Å²) >= 11 is 0. The lowest BCUT2D eigenvalue weighted by atomic mass is 10.3. The molecular formula is C7H7F3N2O. The van der Waals surface area contributed by atoms with Gasteiger partial charge >= 0.3 is 6.36 Å².